The molecule has 5 heteroatoms. The Morgan fingerprint density at radius 3 is 2.68 bits per heavy atom. The zero-order valence-electron chi connectivity index (χ0n) is 10.0. The van der Waals surface area contributed by atoms with Crippen molar-refractivity contribution in [2.75, 3.05) is 0 Å². The Morgan fingerprint density at radius 2 is 2.00 bits per heavy atom. The molecule has 0 unspecified atom stereocenters. The maximum Gasteiger partial charge on any atom is 0.227 e. The highest BCUT2D eigenvalue weighted by molar-refractivity contribution is 6.30. The lowest BCUT2D eigenvalue weighted by molar-refractivity contribution is -0.684. The van der Waals surface area contributed by atoms with Crippen LogP contribution in [0.1, 0.15) is 16.1 Å². The minimum Gasteiger partial charge on any atom is -0.411 e. The molecule has 1 aromatic heterocycles. The van der Waals surface area contributed by atoms with Gasteiger partial charge < -0.3 is 5.21 Å². The third kappa shape index (κ3) is 3.39. The van der Waals surface area contributed by atoms with Crippen LogP contribution in [0.3, 0.4) is 0 Å². The summed E-state index contributed by atoms with van der Waals surface area (Å²) in [5.74, 6) is -0.0412. The van der Waals surface area contributed by atoms with Crippen LogP contribution in [-0.2, 0) is 6.54 Å². The van der Waals surface area contributed by atoms with E-state index in [-0.39, 0.29) is 12.3 Å². The number of hydrogen-bond acceptors (Lipinski definition) is 3. The molecule has 4 nitrogen and oxygen atoms in total. The SMILES string of the molecule is O=C(C[n+]1ccccc1C=NO)c1ccc(Cl)cc1. The van der Waals surface area contributed by atoms with Crippen LogP contribution in [0.2, 0.25) is 5.02 Å². The lowest BCUT2D eigenvalue weighted by Gasteiger charge is -2.00. The van der Waals surface area contributed by atoms with Crippen molar-refractivity contribution in [3.8, 4) is 0 Å². The summed E-state index contributed by atoms with van der Waals surface area (Å²) in [6.07, 6.45) is 3.04. The van der Waals surface area contributed by atoms with Gasteiger partial charge >= 0.3 is 0 Å². The van der Waals surface area contributed by atoms with Crippen LogP contribution < -0.4 is 4.57 Å². The zero-order valence-corrected chi connectivity index (χ0v) is 10.8. The van der Waals surface area contributed by atoms with Crippen molar-refractivity contribution in [3.63, 3.8) is 0 Å². The minimum atomic E-state index is -0.0412. The minimum absolute atomic E-state index is 0.0412. The first-order valence-electron chi connectivity index (χ1n) is 5.65. The number of aromatic nitrogens is 1. The largest absolute Gasteiger partial charge is 0.411 e. The van der Waals surface area contributed by atoms with Gasteiger partial charge in [0.25, 0.3) is 0 Å². The summed E-state index contributed by atoms with van der Waals surface area (Å²) in [5, 5.41) is 12.2. The Bertz CT molecular complexity index is 609. The number of ketones is 1. The third-order valence-corrected chi connectivity index (χ3v) is 2.90. The topological polar surface area (TPSA) is 53.5 Å². The average Bonchev–Trinajstić information content (AvgIpc) is 2.42. The lowest BCUT2D eigenvalue weighted by Crippen LogP contribution is -2.41. The van der Waals surface area contributed by atoms with Crippen LogP contribution >= 0.6 is 11.6 Å². The maximum atomic E-state index is 12.1. The predicted octanol–water partition coefficient (Wildman–Crippen LogP) is 2.32. The molecule has 96 valence electrons. The normalized spacial score (nSPS) is 10.8. The Balaban J connectivity index is 2.21. The lowest BCUT2D eigenvalue weighted by atomic mass is 10.1. The second kappa shape index (κ2) is 6.11. The second-order valence-electron chi connectivity index (χ2n) is 3.93. The van der Waals surface area contributed by atoms with Gasteiger partial charge in [-0.25, -0.2) is 0 Å². The summed E-state index contributed by atoms with van der Waals surface area (Å²) in [7, 11) is 0. The van der Waals surface area contributed by atoms with E-state index in [9.17, 15) is 4.79 Å². The standard InChI is InChI=1S/C14H11ClN2O2/c15-12-6-4-11(5-7-12)14(18)10-17-8-2-1-3-13(17)9-16-19/h1-9H,10H2/p+1. The fraction of sp³-hybridized carbons (Fsp3) is 0.0714. The molecular weight excluding hydrogens is 264 g/mol. The Hall–Kier alpha value is -2.20. The molecule has 1 N–H and O–H groups in total. The van der Waals surface area contributed by atoms with Crippen LogP contribution in [0.5, 0.6) is 0 Å². The number of oxime groups is 1. The fourth-order valence-corrected chi connectivity index (χ4v) is 1.82. The van der Waals surface area contributed by atoms with Crippen LogP contribution in [0.15, 0.2) is 53.8 Å². The number of pyridine rings is 1. The van der Waals surface area contributed by atoms with Gasteiger partial charge in [0.1, 0.15) is 6.21 Å². The van der Waals surface area contributed by atoms with E-state index in [4.69, 9.17) is 16.8 Å². The molecule has 0 bridgehead atoms. The highest BCUT2D eigenvalue weighted by Gasteiger charge is 2.15. The van der Waals surface area contributed by atoms with Crippen molar-refractivity contribution in [1.29, 1.82) is 0 Å². The summed E-state index contributed by atoms with van der Waals surface area (Å²) in [5.41, 5.74) is 1.24. The first-order chi connectivity index (χ1) is 9.20. The Morgan fingerprint density at radius 1 is 1.26 bits per heavy atom. The number of nitrogens with zero attached hydrogens (tertiary/aromatic N) is 2. The zero-order chi connectivity index (χ0) is 13.7. The molecule has 2 rings (SSSR count). The van der Waals surface area contributed by atoms with E-state index in [2.05, 4.69) is 5.16 Å². The number of Topliss-reactive ketones (excluding diaryl/α,β-unsaturated/α-hetero) is 1. The summed E-state index contributed by atoms with van der Waals surface area (Å²) < 4.78 is 1.71. The monoisotopic (exact) mass is 275 g/mol. The molecule has 0 aliphatic heterocycles. The molecule has 0 spiro atoms. The van der Waals surface area contributed by atoms with Gasteiger partial charge in [0.15, 0.2) is 6.20 Å². The molecular formula is C14H12ClN2O2+. The molecule has 0 fully saturated rings. The summed E-state index contributed by atoms with van der Waals surface area (Å²) in [6.45, 7) is 0.170. The van der Waals surface area contributed by atoms with E-state index in [0.717, 1.165) is 0 Å². The quantitative estimate of drug-likeness (QED) is 0.306. The van der Waals surface area contributed by atoms with Crippen molar-refractivity contribution in [2.24, 2.45) is 5.16 Å². The van der Waals surface area contributed by atoms with Gasteiger partial charge in [0.05, 0.1) is 0 Å². The van der Waals surface area contributed by atoms with E-state index in [1.54, 1.807) is 47.2 Å². The fourth-order valence-electron chi connectivity index (χ4n) is 1.69. The first kappa shape index (κ1) is 13.2. The van der Waals surface area contributed by atoms with Gasteiger partial charge in [-0.05, 0) is 30.3 Å². The molecule has 1 aromatic carbocycles. The number of benzene rings is 1. The van der Waals surface area contributed by atoms with Gasteiger partial charge in [0, 0.05) is 22.7 Å². The third-order valence-electron chi connectivity index (χ3n) is 2.65. The van der Waals surface area contributed by atoms with Crippen molar-refractivity contribution >= 4 is 23.6 Å². The molecule has 0 saturated heterocycles. The second-order valence-corrected chi connectivity index (χ2v) is 4.36. The highest BCUT2D eigenvalue weighted by Crippen LogP contribution is 2.10. The van der Waals surface area contributed by atoms with Crippen LogP contribution in [-0.4, -0.2) is 17.2 Å². The first-order valence-corrected chi connectivity index (χ1v) is 6.03. The highest BCUT2D eigenvalue weighted by atomic mass is 35.5. The smallest absolute Gasteiger partial charge is 0.227 e. The van der Waals surface area contributed by atoms with Crippen LogP contribution in [0, 0.1) is 0 Å². The van der Waals surface area contributed by atoms with Gasteiger partial charge in [-0.15, -0.1) is 0 Å². The van der Waals surface area contributed by atoms with Gasteiger partial charge in [-0.3, -0.25) is 4.79 Å². The van der Waals surface area contributed by atoms with Crippen LogP contribution in [0.25, 0.3) is 0 Å². The molecule has 0 atom stereocenters. The number of carbonyl (C=O) groups is 1. The van der Waals surface area contributed by atoms with Gasteiger partial charge in [0.2, 0.25) is 18.0 Å². The molecule has 2 aromatic rings. The summed E-state index contributed by atoms with van der Waals surface area (Å²) >= 11 is 5.78. The van der Waals surface area contributed by atoms with Crippen molar-refractivity contribution in [3.05, 3.63) is 64.9 Å². The number of carbonyl (C=O) groups excluding carboxylic acids is 1. The van der Waals surface area contributed by atoms with Crippen molar-refractivity contribution in [1.82, 2.24) is 0 Å². The summed E-state index contributed by atoms with van der Waals surface area (Å²) in [6, 6.07) is 12.1. The van der Waals surface area contributed by atoms with E-state index in [0.29, 0.717) is 16.3 Å². The maximum absolute atomic E-state index is 12.1. The molecule has 0 aliphatic carbocycles. The van der Waals surface area contributed by atoms with E-state index in [1.807, 2.05) is 6.07 Å². The average molecular weight is 276 g/mol. The number of rotatable bonds is 4. The predicted molar refractivity (Wildman–Crippen MR) is 71.8 cm³/mol. The van der Waals surface area contributed by atoms with E-state index in [1.165, 1.54) is 6.21 Å². The molecule has 0 radical (unpaired) electrons. The van der Waals surface area contributed by atoms with E-state index < -0.39 is 0 Å². The Labute approximate surface area is 115 Å². The van der Waals surface area contributed by atoms with Crippen LogP contribution in [0.4, 0.5) is 0 Å². The number of halogens is 1. The van der Waals surface area contributed by atoms with E-state index >= 15 is 0 Å². The molecule has 0 aliphatic rings. The van der Waals surface area contributed by atoms with Gasteiger partial charge in [-0.2, -0.15) is 4.57 Å². The molecule has 19 heavy (non-hydrogen) atoms. The van der Waals surface area contributed by atoms with Crippen molar-refractivity contribution < 1.29 is 14.6 Å². The molecule has 0 saturated carbocycles. The van der Waals surface area contributed by atoms with Gasteiger partial charge in [-0.1, -0.05) is 16.8 Å². The number of hydrogen-bond donors (Lipinski definition) is 1. The summed E-state index contributed by atoms with van der Waals surface area (Å²) in [4.78, 5) is 12.1. The Kier molecular flexibility index (Phi) is 4.26. The molecule has 1 heterocycles. The van der Waals surface area contributed by atoms with Crippen molar-refractivity contribution in [2.45, 2.75) is 6.54 Å². The molecule has 0 amide bonds.